The van der Waals surface area contributed by atoms with Crippen LogP contribution in [0.25, 0.3) is 0 Å². The molecule has 0 saturated carbocycles. The average Bonchev–Trinajstić information content (AvgIpc) is 3.30. The lowest BCUT2D eigenvalue weighted by Crippen LogP contribution is -2.44. The van der Waals surface area contributed by atoms with E-state index in [1.807, 2.05) is 18.2 Å². The van der Waals surface area contributed by atoms with Crippen LogP contribution in [0.15, 0.2) is 42.5 Å². The maximum atomic E-state index is 13.4. The number of piperidine rings is 1. The topological polar surface area (TPSA) is 50.8 Å². The quantitative estimate of drug-likeness (QED) is 0.724. The van der Waals surface area contributed by atoms with Gasteiger partial charge in [0, 0.05) is 32.3 Å². The summed E-state index contributed by atoms with van der Waals surface area (Å²) in [4.78, 5) is 15.0. The minimum Gasteiger partial charge on any atom is -0.490 e. The van der Waals surface area contributed by atoms with E-state index < -0.39 is 11.6 Å². The van der Waals surface area contributed by atoms with Crippen molar-refractivity contribution in [3.63, 3.8) is 0 Å². The molecule has 7 heteroatoms. The van der Waals surface area contributed by atoms with Crippen LogP contribution in [0.5, 0.6) is 5.75 Å². The van der Waals surface area contributed by atoms with Crippen LogP contribution in [0.2, 0.25) is 0 Å². The number of nitrogens with one attached hydrogen (secondary N) is 1. The van der Waals surface area contributed by atoms with Gasteiger partial charge in [-0.25, -0.2) is 8.78 Å². The second-order valence-electron chi connectivity index (χ2n) is 8.21. The molecule has 1 atom stereocenters. The number of carbonyl (C=O) groups excluding carboxylic acids is 1. The first-order valence-corrected chi connectivity index (χ1v) is 10.9. The monoisotopic (exact) mass is 430 g/mol. The molecule has 2 fully saturated rings. The zero-order chi connectivity index (χ0) is 21.6. The molecule has 0 bridgehead atoms. The summed E-state index contributed by atoms with van der Waals surface area (Å²) in [5.74, 6) is -1.21. The smallest absolute Gasteiger partial charge is 0.255 e. The van der Waals surface area contributed by atoms with E-state index in [0.717, 1.165) is 57.0 Å². The highest BCUT2D eigenvalue weighted by atomic mass is 19.2. The van der Waals surface area contributed by atoms with Gasteiger partial charge in [-0.15, -0.1) is 0 Å². The standard InChI is InChI=1S/C24H28F2N2O3/c25-21-8-7-17(14-22(21)26)15-28-11-9-18(10-12-28)27-24(29)20-5-1-2-6-23(20)31-16-19-4-3-13-30-19/h1-2,5-8,14,18-19H,3-4,9-13,15-16H2,(H,27,29). The minimum absolute atomic E-state index is 0.0694. The molecule has 2 aliphatic heterocycles. The molecular formula is C24H28F2N2O3. The molecule has 2 saturated heterocycles. The van der Waals surface area contributed by atoms with E-state index in [9.17, 15) is 13.6 Å². The van der Waals surface area contributed by atoms with Gasteiger partial charge in [-0.2, -0.15) is 0 Å². The molecule has 1 unspecified atom stereocenters. The number of hydrogen-bond donors (Lipinski definition) is 1. The van der Waals surface area contributed by atoms with Crippen LogP contribution >= 0.6 is 0 Å². The molecule has 0 spiro atoms. The van der Waals surface area contributed by atoms with Crippen molar-refractivity contribution in [3.05, 3.63) is 65.2 Å². The number of hydrogen-bond acceptors (Lipinski definition) is 4. The normalized spacial score (nSPS) is 20.0. The van der Waals surface area contributed by atoms with Gasteiger partial charge in [0.1, 0.15) is 12.4 Å². The summed E-state index contributed by atoms with van der Waals surface area (Å²) in [6.07, 6.45) is 3.72. The Labute approximate surface area is 181 Å². The van der Waals surface area contributed by atoms with Gasteiger partial charge < -0.3 is 14.8 Å². The summed E-state index contributed by atoms with van der Waals surface area (Å²) < 4.78 is 38.0. The highest BCUT2D eigenvalue weighted by molar-refractivity contribution is 5.97. The van der Waals surface area contributed by atoms with E-state index in [1.54, 1.807) is 12.1 Å². The molecule has 31 heavy (non-hydrogen) atoms. The SMILES string of the molecule is O=C(NC1CCN(Cc2ccc(F)c(F)c2)CC1)c1ccccc1OCC1CCCO1. The van der Waals surface area contributed by atoms with Crippen molar-refractivity contribution in [3.8, 4) is 5.75 Å². The van der Waals surface area contributed by atoms with Gasteiger partial charge in [0.05, 0.1) is 11.7 Å². The van der Waals surface area contributed by atoms with Crippen LogP contribution in [0.4, 0.5) is 8.78 Å². The van der Waals surface area contributed by atoms with Crippen molar-refractivity contribution in [1.29, 1.82) is 0 Å². The van der Waals surface area contributed by atoms with Gasteiger partial charge >= 0.3 is 0 Å². The van der Waals surface area contributed by atoms with Gasteiger partial charge in [-0.3, -0.25) is 9.69 Å². The third kappa shape index (κ3) is 5.80. The Kier molecular flexibility index (Phi) is 7.14. The lowest BCUT2D eigenvalue weighted by atomic mass is 10.0. The van der Waals surface area contributed by atoms with Crippen LogP contribution in [0.3, 0.4) is 0 Å². The maximum absolute atomic E-state index is 13.4. The van der Waals surface area contributed by atoms with E-state index in [0.29, 0.717) is 24.5 Å². The second kappa shape index (κ2) is 10.2. The fourth-order valence-corrected chi connectivity index (χ4v) is 4.13. The fourth-order valence-electron chi connectivity index (χ4n) is 4.13. The Hall–Kier alpha value is -2.51. The van der Waals surface area contributed by atoms with Crippen molar-refractivity contribution in [2.45, 2.75) is 44.4 Å². The highest BCUT2D eigenvalue weighted by Gasteiger charge is 2.23. The molecule has 2 aromatic carbocycles. The van der Waals surface area contributed by atoms with Gasteiger partial charge in [-0.1, -0.05) is 18.2 Å². The van der Waals surface area contributed by atoms with E-state index >= 15 is 0 Å². The van der Waals surface area contributed by atoms with Crippen molar-refractivity contribution < 1.29 is 23.0 Å². The van der Waals surface area contributed by atoms with E-state index in [4.69, 9.17) is 9.47 Å². The Morgan fingerprint density at radius 1 is 1.10 bits per heavy atom. The van der Waals surface area contributed by atoms with Crippen LogP contribution in [-0.2, 0) is 11.3 Å². The van der Waals surface area contributed by atoms with Crippen LogP contribution in [-0.4, -0.2) is 49.3 Å². The molecular weight excluding hydrogens is 402 g/mol. The first kappa shape index (κ1) is 21.7. The Bertz CT molecular complexity index is 894. The van der Waals surface area contributed by atoms with Gasteiger partial charge in [0.15, 0.2) is 11.6 Å². The number of carbonyl (C=O) groups is 1. The number of ether oxygens (including phenoxy) is 2. The van der Waals surface area contributed by atoms with Gasteiger partial charge in [0.25, 0.3) is 5.91 Å². The molecule has 4 rings (SSSR count). The number of likely N-dealkylation sites (tertiary alicyclic amines) is 1. The number of amides is 1. The second-order valence-corrected chi connectivity index (χ2v) is 8.21. The van der Waals surface area contributed by atoms with E-state index in [2.05, 4.69) is 10.2 Å². The van der Waals surface area contributed by atoms with E-state index in [-0.39, 0.29) is 18.1 Å². The molecule has 1 N–H and O–H groups in total. The molecule has 0 aromatic heterocycles. The molecule has 1 amide bonds. The van der Waals surface area contributed by atoms with Gasteiger partial charge in [0.2, 0.25) is 0 Å². The first-order chi connectivity index (χ1) is 15.1. The largest absolute Gasteiger partial charge is 0.490 e. The summed E-state index contributed by atoms with van der Waals surface area (Å²) in [5.41, 5.74) is 1.28. The zero-order valence-corrected chi connectivity index (χ0v) is 17.5. The van der Waals surface area contributed by atoms with Crippen LogP contribution < -0.4 is 10.1 Å². The first-order valence-electron chi connectivity index (χ1n) is 10.9. The predicted octanol–water partition coefficient (Wildman–Crippen LogP) is 3.92. The summed E-state index contributed by atoms with van der Waals surface area (Å²) in [6.45, 7) is 3.34. The average molecular weight is 430 g/mol. The third-order valence-electron chi connectivity index (χ3n) is 5.89. The predicted molar refractivity (Wildman–Crippen MR) is 113 cm³/mol. The lowest BCUT2D eigenvalue weighted by molar-refractivity contribution is 0.0669. The van der Waals surface area contributed by atoms with Crippen molar-refractivity contribution in [2.75, 3.05) is 26.3 Å². The number of benzene rings is 2. The number of nitrogens with zero attached hydrogens (tertiary/aromatic N) is 1. The molecule has 0 aliphatic carbocycles. The lowest BCUT2D eigenvalue weighted by Gasteiger charge is -2.32. The number of rotatable bonds is 7. The zero-order valence-electron chi connectivity index (χ0n) is 17.5. The fraction of sp³-hybridized carbons (Fsp3) is 0.458. The summed E-state index contributed by atoms with van der Waals surface area (Å²) in [5, 5.41) is 3.12. The van der Waals surface area contributed by atoms with Crippen molar-refractivity contribution in [2.24, 2.45) is 0 Å². The molecule has 0 radical (unpaired) electrons. The highest BCUT2D eigenvalue weighted by Crippen LogP contribution is 2.22. The number of halogens is 2. The maximum Gasteiger partial charge on any atom is 0.255 e. The molecule has 2 heterocycles. The van der Waals surface area contributed by atoms with Crippen LogP contribution in [0.1, 0.15) is 41.6 Å². The Morgan fingerprint density at radius 2 is 1.90 bits per heavy atom. The molecule has 5 nitrogen and oxygen atoms in total. The van der Waals surface area contributed by atoms with Crippen molar-refractivity contribution >= 4 is 5.91 Å². The summed E-state index contributed by atoms with van der Waals surface area (Å²) in [7, 11) is 0. The molecule has 2 aliphatic rings. The molecule has 2 aromatic rings. The minimum atomic E-state index is -0.829. The van der Waals surface area contributed by atoms with Crippen LogP contribution in [0, 0.1) is 11.6 Å². The Balaban J connectivity index is 1.27. The van der Waals surface area contributed by atoms with Crippen molar-refractivity contribution in [1.82, 2.24) is 10.2 Å². The Morgan fingerprint density at radius 3 is 2.65 bits per heavy atom. The number of para-hydroxylation sites is 1. The van der Waals surface area contributed by atoms with Gasteiger partial charge in [-0.05, 0) is 55.5 Å². The summed E-state index contributed by atoms with van der Waals surface area (Å²) in [6, 6.07) is 11.4. The summed E-state index contributed by atoms with van der Waals surface area (Å²) >= 11 is 0. The van der Waals surface area contributed by atoms with E-state index in [1.165, 1.54) is 6.07 Å². The third-order valence-corrected chi connectivity index (χ3v) is 5.89. The molecule has 166 valence electrons.